The first-order valence-electron chi connectivity index (χ1n) is 15.3. The molecule has 4 N–H and O–H groups in total. The highest BCUT2D eigenvalue weighted by Gasteiger charge is 2.71. The quantitative estimate of drug-likeness (QED) is 0.238. The summed E-state index contributed by atoms with van der Waals surface area (Å²) in [5.74, 6) is -6.30. The van der Waals surface area contributed by atoms with Crippen LogP contribution in [-0.2, 0) is 32.0 Å². The number of aromatic hydroxyl groups is 1. The van der Waals surface area contributed by atoms with Crippen LogP contribution >= 0.6 is 0 Å². The number of carbonyl (C=O) groups is 4. The number of phenols is 1. The molecule has 3 aliphatic rings. The average molecular weight is 611 g/mol. The number of ether oxygens (including phenoxy) is 1. The van der Waals surface area contributed by atoms with E-state index < -0.39 is 68.5 Å². The Kier molecular flexibility index (Phi) is 8.03. The number of rotatable bonds is 6. The summed E-state index contributed by atoms with van der Waals surface area (Å²) < 4.78 is 5.41. The molecule has 0 fully saturated rings. The topological polar surface area (TPSA) is 158 Å². The van der Waals surface area contributed by atoms with E-state index in [9.17, 15) is 39.6 Å². The van der Waals surface area contributed by atoms with Crippen molar-refractivity contribution >= 4 is 23.3 Å². The minimum Gasteiger partial charge on any atom is -0.511 e. The summed E-state index contributed by atoms with van der Waals surface area (Å²) in [4.78, 5) is 53.6. The van der Waals surface area contributed by atoms with E-state index >= 15 is 0 Å². The number of aliphatic hydroxyl groups excluding tert-OH is 2. The highest BCUT2D eigenvalue weighted by molar-refractivity contribution is 6.25. The van der Waals surface area contributed by atoms with Gasteiger partial charge in [0.25, 0.3) is 0 Å². The lowest BCUT2D eigenvalue weighted by molar-refractivity contribution is -0.171. The van der Waals surface area contributed by atoms with Gasteiger partial charge in [0.2, 0.25) is 5.78 Å². The molecule has 1 aromatic carbocycles. The maximum Gasteiger partial charge on any atom is 0.310 e. The number of benzene rings is 1. The van der Waals surface area contributed by atoms with Gasteiger partial charge >= 0.3 is 5.97 Å². The van der Waals surface area contributed by atoms with Crippen LogP contribution in [0.4, 0.5) is 0 Å². The molecule has 0 bridgehead atoms. The average Bonchev–Trinajstić information content (AvgIpc) is 2.85. The normalized spacial score (nSPS) is 28.7. The van der Waals surface area contributed by atoms with Gasteiger partial charge in [-0.3, -0.25) is 19.2 Å². The van der Waals surface area contributed by atoms with Gasteiger partial charge in [-0.25, -0.2) is 0 Å². The molecule has 0 saturated carbocycles. The van der Waals surface area contributed by atoms with Crippen molar-refractivity contribution in [1.82, 2.24) is 0 Å². The van der Waals surface area contributed by atoms with Gasteiger partial charge in [-0.2, -0.15) is 0 Å². The number of aliphatic hydroxyl groups is 3. The van der Waals surface area contributed by atoms with Crippen LogP contribution in [-0.4, -0.2) is 56.0 Å². The van der Waals surface area contributed by atoms with E-state index in [1.165, 1.54) is 0 Å². The molecule has 9 nitrogen and oxygen atoms in total. The van der Waals surface area contributed by atoms with Gasteiger partial charge in [0.05, 0.1) is 18.6 Å². The first kappa shape index (κ1) is 33.4. The lowest BCUT2D eigenvalue weighted by Gasteiger charge is -2.59. The van der Waals surface area contributed by atoms with Crippen LogP contribution in [0.1, 0.15) is 109 Å². The summed E-state index contributed by atoms with van der Waals surface area (Å²) in [6.07, 6.45) is -0.0881. The second kappa shape index (κ2) is 10.6. The maximum atomic E-state index is 14.4. The summed E-state index contributed by atoms with van der Waals surface area (Å²) in [5, 5.41) is 46.9. The Morgan fingerprint density at radius 3 is 2.16 bits per heavy atom. The largest absolute Gasteiger partial charge is 0.511 e. The predicted octanol–water partition coefficient (Wildman–Crippen LogP) is 5.60. The van der Waals surface area contributed by atoms with Crippen molar-refractivity contribution in [3.05, 3.63) is 51.0 Å². The van der Waals surface area contributed by atoms with E-state index in [1.807, 2.05) is 34.6 Å². The van der Waals surface area contributed by atoms with E-state index in [0.717, 1.165) is 12.5 Å². The van der Waals surface area contributed by atoms with Crippen LogP contribution in [0.5, 0.6) is 5.75 Å². The van der Waals surface area contributed by atoms with Crippen molar-refractivity contribution in [2.45, 2.75) is 100 Å². The molecule has 9 heteroatoms. The maximum absolute atomic E-state index is 14.4. The number of allylic oxidation sites excluding steroid dienone is 2. The smallest absolute Gasteiger partial charge is 0.310 e. The third-order valence-corrected chi connectivity index (χ3v) is 9.74. The van der Waals surface area contributed by atoms with Crippen molar-refractivity contribution in [3.63, 3.8) is 0 Å². The molecule has 4 atom stereocenters. The molecule has 1 aromatic rings. The van der Waals surface area contributed by atoms with Crippen molar-refractivity contribution in [1.29, 1.82) is 0 Å². The zero-order valence-electron chi connectivity index (χ0n) is 27.5. The minimum absolute atomic E-state index is 0.0179. The number of hydrogen-bond acceptors (Lipinski definition) is 9. The summed E-state index contributed by atoms with van der Waals surface area (Å²) in [7, 11) is 0. The molecule has 0 amide bonds. The highest BCUT2D eigenvalue weighted by Crippen LogP contribution is 2.65. The van der Waals surface area contributed by atoms with Crippen LogP contribution in [0.2, 0.25) is 0 Å². The predicted molar refractivity (Wildman–Crippen MR) is 163 cm³/mol. The van der Waals surface area contributed by atoms with E-state index in [0.29, 0.717) is 5.56 Å². The van der Waals surface area contributed by atoms with Crippen molar-refractivity contribution in [3.8, 4) is 5.75 Å². The summed E-state index contributed by atoms with van der Waals surface area (Å²) in [6.45, 7) is 17.9. The number of esters is 1. The molecule has 3 aliphatic carbocycles. The zero-order valence-corrected chi connectivity index (χ0v) is 27.5. The third kappa shape index (κ3) is 4.78. The summed E-state index contributed by atoms with van der Waals surface area (Å²) in [5.41, 5.74) is -4.94. The lowest BCUT2D eigenvalue weighted by Crippen LogP contribution is -2.67. The van der Waals surface area contributed by atoms with E-state index in [-0.39, 0.29) is 59.8 Å². The van der Waals surface area contributed by atoms with Gasteiger partial charge in [0, 0.05) is 27.9 Å². The molecule has 0 aliphatic heterocycles. The van der Waals surface area contributed by atoms with Gasteiger partial charge < -0.3 is 25.2 Å². The fourth-order valence-electron chi connectivity index (χ4n) is 8.04. The second-order valence-corrected chi connectivity index (χ2v) is 15.3. The Balaban J connectivity index is 1.96. The monoisotopic (exact) mass is 610 g/mol. The highest BCUT2D eigenvalue weighted by atomic mass is 16.5. The van der Waals surface area contributed by atoms with Gasteiger partial charge in [0.15, 0.2) is 17.2 Å². The van der Waals surface area contributed by atoms with Crippen molar-refractivity contribution in [2.24, 2.45) is 28.1 Å². The molecule has 0 spiro atoms. The SMILES string of the molecule is CC(=O)C1=C(O)C(C(C)C)[C@@]2(C)C[C@@]3(C)Cc4c(C(C)C)cc(CC(=O)OCC(C)(C)C)c(O)c4C(=O)C3=C(O)[C@@]2(O)C1=O. The molecule has 1 unspecified atom stereocenters. The van der Waals surface area contributed by atoms with E-state index in [1.54, 1.807) is 33.8 Å². The van der Waals surface area contributed by atoms with Crippen LogP contribution in [0, 0.1) is 28.1 Å². The first-order chi connectivity index (χ1) is 20.0. The first-order valence-corrected chi connectivity index (χ1v) is 15.3. The van der Waals surface area contributed by atoms with Crippen molar-refractivity contribution < 1.29 is 44.3 Å². The fourth-order valence-corrected chi connectivity index (χ4v) is 8.04. The third-order valence-electron chi connectivity index (χ3n) is 9.74. The number of ketones is 3. The number of phenolic OH excluding ortho intramolecular Hbond substituents is 1. The molecule has 44 heavy (non-hydrogen) atoms. The van der Waals surface area contributed by atoms with E-state index in [4.69, 9.17) is 4.74 Å². The minimum atomic E-state index is -2.68. The molecule has 240 valence electrons. The molecular weight excluding hydrogens is 564 g/mol. The number of fused-ring (bicyclic) bond motifs is 3. The molecule has 0 saturated heterocycles. The molecule has 0 radical (unpaired) electrons. The van der Waals surface area contributed by atoms with Crippen LogP contribution in [0.15, 0.2) is 28.7 Å². The van der Waals surface area contributed by atoms with Crippen LogP contribution in [0.25, 0.3) is 0 Å². The van der Waals surface area contributed by atoms with Gasteiger partial charge in [-0.15, -0.1) is 0 Å². The Morgan fingerprint density at radius 2 is 1.66 bits per heavy atom. The van der Waals surface area contributed by atoms with Crippen LogP contribution < -0.4 is 0 Å². The number of carbonyl (C=O) groups excluding carboxylic acids is 4. The number of Topliss-reactive ketones (excluding diaryl/α,β-unsaturated/α-hetero) is 3. The molecule has 0 heterocycles. The zero-order chi connectivity index (χ0) is 33.5. The molecule has 0 aromatic heterocycles. The van der Waals surface area contributed by atoms with E-state index in [2.05, 4.69) is 0 Å². The summed E-state index contributed by atoms with van der Waals surface area (Å²) in [6, 6.07) is 1.72. The molecular formula is C35H46O9. The molecule has 4 rings (SSSR count). The van der Waals surface area contributed by atoms with Gasteiger partial charge in [-0.1, -0.05) is 68.4 Å². The Morgan fingerprint density at radius 1 is 1.07 bits per heavy atom. The Bertz CT molecular complexity index is 1540. The fraction of sp³-hybridized carbons (Fsp3) is 0.600. The van der Waals surface area contributed by atoms with Gasteiger partial charge in [-0.05, 0) is 48.1 Å². The lowest BCUT2D eigenvalue weighted by atomic mass is 9.44. The van der Waals surface area contributed by atoms with Gasteiger partial charge in [0.1, 0.15) is 22.8 Å². The summed E-state index contributed by atoms with van der Waals surface area (Å²) >= 11 is 0. The van der Waals surface area contributed by atoms with Crippen molar-refractivity contribution in [2.75, 3.05) is 6.61 Å². The Labute approximate surface area is 259 Å². The number of hydrogen-bond donors (Lipinski definition) is 4. The second-order valence-electron chi connectivity index (χ2n) is 15.3. The van der Waals surface area contributed by atoms with Crippen LogP contribution in [0.3, 0.4) is 0 Å². The Hall–Kier alpha value is -3.46. The standard InChI is InChI=1S/C35H46O9/c1-16(2)20-11-19(12-22(37)44-15-32(6,7)8)27(38)24-21(20)13-33(9)14-34(10)25(17(3)4)28(39)23(18(5)36)30(41)35(34,43)31(42)26(33)29(24)40/h11,16-17,25,38-39,42-43H,12-15H2,1-10H3/t25?,33-,34-,35+/m1/s1.